The van der Waals surface area contributed by atoms with Gasteiger partial charge in [0.1, 0.15) is 6.42 Å². The SMILES string of the molecule is C=CCC(F)(OC(F)(F)CC(F)(F)F)C(F)(F)F. The molecule has 0 heterocycles. The van der Waals surface area contributed by atoms with Crippen LogP contribution in [0.1, 0.15) is 12.8 Å². The molecule has 0 N–H and O–H groups in total. The van der Waals surface area contributed by atoms with Crippen molar-refractivity contribution in [1.82, 2.24) is 0 Å². The average Bonchev–Trinajstić information content (AvgIpc) is 1.94. The molecule has 0 aliphatic carbocycles. The first-order valence-electron chi connectivity index (χ1n) is 4.24. The molecule has 0 radical (unpaired) electrons. The molecule has 0 aromatic rings. The first kappa shape index (κ1) is 17.1. The maximum absolute atomic E-state index is 13.1. The molecule has 0 saturated heterocycles. The Morgan fingerprint density at radius 2 is 1.33 bits per heavy atom. The number of alkyl halides is 9. The lowest BCUT2D eigenvalue weighted by atomic mass is 10.2. The van der Waals surface area contributed by atoms with Crippen molar-refractivity contribution < 1.29 is 44.3 Å². The first-order valence-corrected chi connectivity index (χ1v) is 4.24. The molecule has 0 bridgehead atoms. The highest BCUT2D eigenvalue weighted by Crippen LogP contribution is 2.44. The average molecular weight is 290 g/mol. The summed E-state index contributed by atoms with van der Waals surface area (Å²) in [5.74, 6) is -4.93. The van der Waals surface area contributed by atoms with Gasteiger partial charge in [-0.05, 0) is 0 Å². The van der Waals surface area contributed by atoms with Gasteiger partial charge in [0.25, 0.3) is 0 Å². The zero-order valence-corrected chi connectivity index (χ0v) is 8.51. The molecular weight excluding hydrogens is 283 g/mol. The van der Waals surface area contributed by atoms with Crippen molar-refractivity contribution in [3.05, 3.63) is 12.7 Å². The third-order valence-electron chi connectivity index (χ3n) is 1.55. The molecule has 0 aromatic carbocycles. The van der Waals surface area contributed by atoms with Crippen molar-refractivity contribution in [2.45, 2.75) is 37.2 Å². The van der Waals surface area contributed by atoms with Crippen LogP contribution in [0.5, 0.6) is 0 Å². The van der Waals surface area contributed by atoms with Crippen LogP contribution in [-0.4, -0.2) is 24.3 Å². The van der Waals surface area contributed by atoms with E-state index in [1.54, 1.807) is 0 Å². The van der Waals surface area contributed by atoms with E-state index in [2.05, 4.69) is 11.3 Å². The molecule has 10 heteroatoms. The van der Waals surface area contributed by atoms with Crippen molar-refractivity contribution in [2.75, 3.05) is 0 Å². The van der Waals surface area contributed by atoms with Crippen molar-refractivity contribution in [2.24, 2.45) is 0 Å². The molecular formula is C8H7F9O. The number of hydrogen-bond donors (Lipinski definition) is 0. The smallest absolute Gasteiger partial charge is 0.274 e. The quantitative estimate of drug-likeness (QED) is 0.540. The molecule has 0 aliphatic heterocycles. The summed E-state index contributed by atoms with van der Waals surface area (Å²) in [6.07, 6.45) is -21.3. The molecule has 1 nitrogen and oxygen atoms in total. The number of ether oxygens (including phenoxy) is 1. The van der Waals surface area contributed by atoms with E-state index in [0.29, 0.717) is 0 Å². The Labute approximate surface area is 95.2 Å². The summed E-state index contributed by atoms with van der Waals surface area (Å²) in [6.45, 7) is 2.68. The van der Waals surface area contributed by atoms with Crippen LogP contribution in [0.2, 0.25) is 0 Å². The highest BCUT2D eigenvalue weighted by molar-refractivity contribution is 4.87. The third-order valence-corrected chi connectivity index (χ3v) is 1.55. The fourth-order valence-corrected chi connectivity index (χ4v) is 0.907. The van der Waals surface area contributed by atoms with Crippen LogP contribution in [0, 0.1) is 0 Å². The molecule has 0 fully saturated rings. The fraction of sp³-hybridized carbons (Fsp3) is 0.750. The Kier molecular flexibility index (Phi) is 4.72. The Hall–Kier alpha value is -0.930. The topological polar surface area (TPSA) is 9.23 Å². The van der Waals surface area contributed by atoms with Gasteiger partial charge in [0.2, 0.25) is 0 Å². The second-order valence-electron chi connectivity index (χ2n) is 3.25. The van der Waals surface area contributed by atoms with Crippen LogP contribution in [0.25, 0.3) is 0 Å². The zero-order chi connectivity index (χ0) is 14.8. The highest BCUT2D eigenvalue weighted by Gasteiger charge is 2.62. The lowest BCUT2D eigenvalue weighted by molar-refractivity contribution is -0.421. The molecule has 0 rings (SSSR count). The summed E-state index contributed by atoms with van der Waals surface area (Å²) in [7, 11) is 0. The summed E-state index contributed by atoms with van der Waals surface area (Å²) >= 11 is 0. The highest BCUT2D eigenvalue weighted by atomic mass is 19.4. The van der Waals surface area contributed by atoms with Gasteiger partial charge in [-0.2, -0.15) is 35.1 Å². The van der Waals surface area contributed by atoms with Gasteiger partial charge in [0, 0.05) is 6.42 Å². The molecule has 0 saturated carbocycles. The normalized spacial score (nSPS) is 17.4. The largest absolute Gasteiger partial charge is 0.448 e. The fourth-order valence-electron chi connectivity index (χ4n) is 0.907. The van der Waals surface area contributed by atoms with Gasteiger partial charge in [0.15, 0.2) is 0 Å². The Morgan fingerprint density at radius 1 is 0.889 bits per heavy atom. The van der Waals surface area contributed by atoms with Gasteiger partial charge in [0.05, 0.1) is 0 Å². The molecule has 1 atom stereocenters. The van der Waals surface area contributed by atoms with E-state index in [1.165, 1.54) is 0 Å². The second-order valence-corrected chi connectivity index (χ2v) is 3.25. The number of rotatable bonds is 5. The maximum atomic E-state index is 13.1. The minimum atomic E-state index is -5.92. The summed E-state index contributed by atoms with van der Waals surface area (Å²) in [5.41, 5.74) is 0. The van der Waals surface area contributed by atoms with Crippen LogP contribution in [-0.2, 0) is 4.74 Å². The molecule has 1 unspecified atom stereocenters. The molecule has 108 valence electrons. The summed E-state index contributed by atoms with van der Waals surface area (Å²) in [4.78, 5) is 0. The van der Waals surface area contributed by atoms with Gasteiger partial charge >= 0.3 is 24.3 Å². The molecule has 18 heavy (non-hydrogen) atoms. The van der Waals surface area contributed by atoms with Crippen molar-refractivity contribution in [3.8, 4) is 0 Å². The van der Waals surface area contributed by atoms with Gasteiger partial charge in [-0.15, -0.1) is 6.58 Å². The van der Waals surface area contributed by atoms with E-state index < -0.39 is 37.2 Å². The van der Waals surface area contributed by atoms with Crippen LogP contribution in [0.3, 0.4) is 0 Å². The molecule has 0 aliphatic rings. The van der Waals surface area contributed by atoms with E-state index in [0.717, 1.165) is 0 Å². The summed E-state index contributed by atoms with van der Waals surface area (Å²) in [5, 5.41) is 0. The molecule has 0 spiro atoms. The van der Waals surface area contributed by atoms with E-state index >= 15 is 0 Å². The van der Waals surface area contributed by atoms with Crippen molar-refractivity contribution in [3.63, 3.8) is 0 Å². The number of hydrogen-bond acceptors (Lipinski definition) is 1. The van der Waals surface area contributed by atoms with E-state index in [-0.39, 0.29) is 6.08 Å². The summed E-state index contributed by atoms with van der Waals surface area (Å²) in [6, 6.07) is 0. The predicted molar refractivity (Wildman–Crippen MR) is 41.4 cm³/mol. The lowest BCUT2D eigenvalue weighted by Gasteiger charge is -2.31. The summed E-state index contributed by atoms with van der Waals surface area (Å²) < 4.78 is 112. The maximum Gasteiger partial charge on any atom is 0.448 e. The van der Waals surface area contributed by atoms with Crippen LogP contribution < -0.4 is 0 Å². The van der Waals surface area contributed by atoms with Crippen molar-refractivity contribution >= 4 is 0 Å². The Morgan fingerprint density at radius 3 is 1.61 bits per heavy atom. The van der Waals surface area contributed by atoms with Crippen LogP contribution >= 0.6 is 0 Å². The van der Waals surface area contributed by atoms with Gasteiger partial charge in [-0.25, -0.2) is 4.39 Å². The minimum absolute atomic E-state index is 0.261. The predicted octanol–water partition coefficient (Wildman–Crippen LogP) is 4.35. The van der Waals surface area contributed by atoms with E-state index in [4.69, 9.17) is 0 Å². The van der Waals surface area contributed by atoms with Gasteiger partial charge in [-0.3, -0.25) is 4.74 Å². The van der Waals surface area contributed by atoms with Gasteiger partial charge < -0.3 is 0 Å². The number of halogens is 9. The van der Waals surface area contributed by atoms with Crippen LogP contribution in [0.4, 0.5) is 39.5 Å². The second kappa shape index (κ2) is 4.98. The minimum Gasteiger partial charge on any atom is -0.274 e. The lowest BCUT2D eigenvalue weighted by Crippen LogP contribution is -2.48. The zero-order valence-electron chi connectivity index (χ0n) is 8.51. The Balaban J connectivity index is 5.05. The Bertz CT molecular complexity index is 292. The van der Waals surface area contributed by atoms with Gasteiger partial charge in [-0.1, -0.05) is 6.08 Å². The standard InChI is InChI=1S/C8H7F9O/c1-2-3-5(9,8(15,16)17)18-7(13,14)4-6(10,11)12/h2H,1,3-4H2. The van der Waals surface area contributed by atoms with Crippen LogP contribution in [0.15, 0.2) is 12.7 Å². The molecule has 0 aromatic heterocycles. The third kappa shape index (κ3) is 5.15. The first-order chi connectivity index (χ1) is 7.72. The van der Waals surface area contributed by atoms with E-state index in [9.17, 15) is 39.5 Å². The molecule has 0 amide bonds. The monoisotopic (exact) mass is 290 g/mol. The van der Waals surface area contributed by atoms with E-state index in [1.807, 2.05) is 0 Å². The van der Waals surface area contributed by atoms with Crippen molar-refractivity contribution in [1.29, 1.82) is 0 Å².